The third-order valence-electron chi connectivity index (χ3n) is 2.49. The predicted octanol–water partition coefficient (Wildman–Crippen LogP) is 3.31. The Morgan fingerprint density at radius 3 is 2.65 bits per heavy atom. The van der Waals surface area contributed by atoms with Gasteiger partial charge in [0.05, 0.1) is 22.8 Å². The van der Waals surface area contributed by atoms with E-state index in [9.17, 15) is 4.39 Å². The van der Waals surface area contributed by atoms with Crippen LogP contribution < -0.4 is 5.32 Å². The molecule has 1 saturated heterocycles. The van der Waals surface area contributed by atoms with Crippen LogP contribution in [0.1, 0.15) is 6.42 Å². The average molecular weight is 280 g/mol. The third-order valence-corrected chi connectivity index (χ3v) is 3.04. The second-order valence-electron chi connectivity index (χ2n) is 3.74. The molecule has 0 bridgehead atoms. The number of hydrogen-bond donors (Lipinski definition) is 1. The highest BCUT2D eigenvalue weighted by atomic mass is 35.5. The van der Waals surface area contributed by atoms with Gasteiger partial charge in [-0.05, 0) is 18.6 Å². The van der Waals surface area contributed by atoms with Crippen molar-refractivity contribution in [1.29, 1.82) is 0 Å². The Balaban J connectivity index is 1.94. The van der Waals surface area contributed by atoms with E-state index < -0.39 is 5.82 Å². The molecule has 1 aromatic carbocycles. The minimum absolute atomic E-state index is 0.00731. The molecule has 0 amide bonds. The van der Waals surface area contributed by atoms with Crippen molar-refractivity contribution in [2.45, 2.75) is 12.5 Å². The highest BCUT2D eigenvalue weighted by Gasteiger charge is 2.14. The van der Waals surface area contributed by atoms with E-state index in [0.717, 1.165) is 6.42 Å². The van der Waals surface area contributed by atoms with Crippen LogP contribution in [-0.4, -0.2) is 26.0 Å². The maximum Gasteiger partial charge on any atom is 0.160 e. The van der Waals surface area contributed by atoms with Gasteiger partial charge < -0.3 is 14.8 Å². The van der Waals surface area contributed by atoms with Crippen LogP contribution in [0.3, 0.4) is 0 Å². The van der Waals surface area contributed by atoms with Gasteiger partial charge >= 0.3 is 0 Å². The van der Waals surface area contributed by atoms with Crippen molar-refractivity contribution in [3.63, 3.8) is 0 Å². The maximum absolute atomic E-state index is 13.2. The molecule has 94 valence electrons. The first-order valence-corrected chi connectivity index (χ1v) is 6.00. The smallest absolute Gasteiger partial charge is 0.160 e. The number of rotatable bonds is 3. The van der Waals surface area contributed by atoms with Crippen LogP contribution in [0, 0.1) is 5.82 Å². The van der Waals surface area contributed by atoms with Gasteiger partial charge in [0.1, 0.15) is 6.79 Å². The average Bonchev–Trinajstić information content (AvgIpc) is 2.34. The minimum Gasteiger partial charge on any atom is -0.382 e. The van der Waals surface area contributed by atoms with Crippen molar-refractivity contribution >= 4 is 28.9 Å². The summed E-state index contributed by atoms with van der Waals surface area (Å²) in [6, 6.07) is 3.00. The fourth-order valence-corrected chi connectivity index (χ4v) is 2.04. The summed E-state index contributed by atoms with van der Waals surface area (Å²) in [6.45, 7) is 1.62. The van der Waals surface area contributed by atoms with E-state index in [0.29, 0.717) is 25.6 Å². The van der Waals surface area contributed by atoms with Crippen molar-refractivity contribution in [3.05, 3.63) is 28.0 Å². The molecule has 1 aliphatic rings. The SMILES string of the molecule is Fc1c(Cl)cc(NCC2CCOCO2)cc1Cl. The molecular weight excluding hydrogens is 268 g/mol. The molecule has 17 heavy (non-hydrogen) atoms. The van der Waals surface area contributed by atoms with Crippen molar-refractivity contribution < 1.29 is 13.9 Å². The first kappa shape index (κ1) is 12.9. The van der Waals surface area contributed by atoms with Crippen LogP contribution in [0.25, 0.3) is 0 Å². The Kier molecular flexibility index (Phi) is 4.45. The van der Waals surface area contributed by atoms with Gasteiger partial charge in [0.15, 0.2) is 5.82 Å². The topological polar surface area (TPSA) is 30.5 Å². The van der Waals surface area contributed by atoms with E-state index in [1.54, 1.807) is 0 Å². The quantitative estimate of drug-likeness (QED) is 0.862. The summed E-state index contributed by atoms with van der Waals surface area (Å²) in [5, 5.41) is 3.12. The van der Waals surface area contributed by atoms with Crippen LogP contribution in [0.2, 0.25) is 10.0 Å². The molecule has 1 atom stereocenters. The summed E-state index contributed by atoms with van der Waals surface area (Å²) in [5.41, 5.74) is 0.677. The van der Waals surface area contributed by atoms with Crippen molar-refractivity contribution in [1.82, 2.24) is 0 Å². The molecule has 0 saturated carbocycles. The number of benzene rings is 1. The molecule has 1 N–H and O–H groups in total. The lowest BCUT2D eigenvalue weighted by Gasteiger charge is -2.23. The molecule has 0 radical (unpaired) electrons. The standard InChI is InChI=1S/C11H12Cl2FNO2/c12-9-3-7(4-10(13)11(9)14)15-5-8-1-2-16-6-17-8/h3-4,8,15H,1-2,5-6H2. The molecule has 1 aromatic rings. The molecule has 2 rings (SSSR count). The van der Waals surface area contributed by atoms with Gasteiger partial charge in [-0.2, -0.15) is 0 Å². The van der Waals surface area contributed by atoms with Crippen molar-refractivity contribution in [2.24, 2.45) is 0 Å². The fourth-order valence-electron chi connectivity index (χ4n) is 1.55. The molecular formula is C11H12Cl2FNO2. The lowest BCUT2D eigenvalue weighted by atomic mass is 10.2. The van der Waals surface area contributed by atoms with Crippen LogP contribution in [0.5, 0.6) is 0 Å². The molecule has 1 aliphatic heterocycles. The summed E-state index contributed by atoms with van der Waals surface area (Å²) < 4.78 is 23.6. The number of ether oxygens (including phenoxy) is 2. The van der Waals surface area contributed by atoms with E-state index in [-0.39, 0.29) is 16.1 Å². The Labute approximate surface area is 109 Å². The highest BCUT2D eigenvalue weighted by Crippen LogP contribution is 2.27. The van der Waals surface area contributed by atoms with Crippen LogP contribution in [0.15, 0.2) is 12.1 Å². The van der Waals surface area contributed by atoms with Gasteiger partial charge in [-0.15, -0.1) is 0 Å². The molecule has 6 heteroatoms. The summed E-state index contributed by atoms with van der Waals surface area (Å²) in [6.07, 6.45) is 0.918. The summed E-state index contributed by atoms with van der Waals surface area (Å²) in [4.78, 5) is 0. The first-order valence-electron chi connectivity index (χ1n) is 5.24. The number of hydrogen-bond acceptors (Lipinski definition) is 3. The minimum atomic E-state index is -0.596. The van der Waals surface area contributed by atoms with E-state index in [1.807, 2.05) is 0 Å². The van der Waals surface area contributed by atoms with E-state index in [2.05, 4.69) is 5.32 Å². The second kappa shape index (κ2) is 5.87. The Hall–Kier alpha value is -0.550. The molecule has 3 nitrogen and oxygen atoms in total. The van der Waals surface area contributed by atoms with Gasteiger partial charge in [0.2, 0.25) is 0 Å². The van der Waals surface area contributed by atoms with Gasteiger partial charge in [-0.1, -0.05) is 23.2 Å². The summed E-state index contributed by atoms with van der Waals surface area (Å²) >= 11 is 11.4. The van der Waals surface area contributed by atoms with Crippen molar-refractivity contribution in [2.75, 3.05) is 25.3 Å². The zero-order chi connectivity index (χ0) is 12.3. The molecule has 1 fully saturated rings. The van der Waals surface area contributed by atoms with Gasteiger partial charge in [0, 0.05) is 12.2 Å². The Morgan fingerprint density at radius 1 is 1.35 bits per heavy atom. The first-order chi connectivity index (χ1) is 8.16. The van der Waals surface area contributed by atoms with Crippen LogP contribution >= 0.6 is 23.2 Å². The largest absolute Gasteiger partial charge is 0.382 e. The Morgan fingerprint density at radius 2 is 2.06 bits per heavy atom. The molecule has 0 aliphatic carbocycles. The summed E-state index contributed by atoms with van der Waals surface area (Å²) in [7, 11) is 0. The van der Waals surface area contributed by atoms with E-state index in [1.165, 1.54) is 12.1 Å². The zero-order valence-electron chi connectivity index (χ0n) is 9.01. The monoisotopic (exact) mass is 279 g/mol. The molecule has 1 heterocycles. The molecule has 0 spiro atoms. The third kappa shape index (κ3) is 3.45. The Bertz CT molecular complexity index is 374. The second-order valence-corrected chi connectivity index (χ2v) is 4.55. The highest BCUT2D eigenvalue weighted by molar-refractivity contribution is 6.35. The maximum atomic E-state index is 13.2. The zero-order valence-corrected chi connectivity index (χ0v) is 10.5. The molecule has 0 aromatic heterocycles. The van der Waals surface area contributed by atoms with E-state index in [4.69, 9.17) is 32.7 Å². The number of anilines is 1. The summed E-state index contributed by atoms with van der Waals surface area (Å²) in [5.74, 6) is -0.596. The number of nitrogens with one attached hydrogen (secondary N) is 1. The normalized spacial score (nSPS) is 20.3. The van der Waals surface area contributed by atoms with Gasteiger partial charge in [0.25, 0.3) is 0 Å². The molecule has 1 unspecified atom stereocenters. The van der Waals surface area contributed by atoms with Crippen molar-refractivity contribution in [3.8, 4) is 0 Å². The fraction of sp³-hybridized carbons (Fsp3) is 0.455. The predicted molar refractivity (Wildman–Crippen MR) is 65.2 cm³/mol. The van der Waals surface area contributed by atoms with Crippen LogP contribution in [-0.2, 0) is 9.47 Å². The lowest BCUT2D eigenvalue weighted by molar-refractivity contribution is -0.133. The van der Waals surface area contributed by atoms with Gasteiger partial charge in [-0.25, -0.2) is 4.39 Å². The van der Waals surface area contributed by atoms with Gasteiger partial charge in [-0.3, -0.25) is 0 Å². The van der Waals surface area contributed by atoms with E-state index >= 15 is 0 Å². The number of halogens is 3. The van der Waals surface area contributed by atoms with Crippen LogP contribution in [0.4, 0.5) is 10.1 Å². The lowest BCUT2D eigenvalue weighted by Crippen LogP contribution is -2.30.